The molecule has 0 atom stereocenters. The van der Waals surface area contributed by atoms with Crippen molar-refractivity contribution in [2.45, 2.75) is 13.8 Å². The monoisotopic (exact) mass is 347 g/mol. The van der Waals surface area contributed by atoms with Gasteiger partial charge >= 0.3 is 5.97 Å². The number of thiophene rings is 1. The number of halogens is 1. The second-order valence-electron chi connectivity index (χ2n) is 4.96. The third kappa shape index (κ3) is 2.87. The van der Waals surface area contributed by atoms with Crippen molar-refractivity contribution in [2.24, 2.45) is 0 Å². The maximum absolute atomic E-state index is 12.0. The first kappa shape index (κ1) is 15.7. The summed E-state index contributed by atoms with van der Waals surface area (Å²) in [6, 6.07) is 7.46. The van der Waals surface area contributed by atoms with Gasteiger partial charge in [-0.2, -0.15) is 0 Å². The summed E-state index contributed by atoms with van der Waals surface area (Å²) in [4.78, 5) is 21.9. The number of esters is 1. The van der Waals surface area contributed by atoms with E-state index in [1.54, 1.807) is 0 Å². The summed E-state index contributed by atoms with van der Waals surface area (Å²) in [7, 11) is 1.36. The van der Waals surface area contributed by atoms with E-state index in [-0.39, 0.29) is 11.1 Å². The smallest absolute Gasteiger partial charge is 0.341 e. The van der Waals surface area contributed by atoms with Crippen LogP contribution < -0.4 is 5.32 Å². The van der Waals surface area contributed by atoms with Gasteiger partial charge in [-0.1, -0.05) is 23.7 Å². The van der Waals surface area contributed by atoms with Crippen molar-refractivity contribution >= 4 is 50.8 Å². The summed E-state index contributed by atoms with van der Waals surface area (Å²) < 4.78 is 4.87. The van der Waals surface area contributed by atoms with Crippen LogP contribution in [0.25, 0.3) is 11.0 Å². The molecule has 0 radical (unpaired) electrons. The molecule has 0 saturated heterocycles. The van der Waals surface area contributed by atoms with E-state index in [1.165, 1.54) is 18.4 Å². The summed E-state index contributed by atoms with van der Waals surface area (Å²) in [5.41, 5.74) is 2.83. The van der Waals surface area contributed by atoms with Crippen LogP contribution in [0.15, 0.2) is 24.3 Å². The molecule has 0 saturated carbocycles. The van der Waals surface area contributed by atoms with Gasteiger partial charge in [0.25, 0.3) is 0 Å². The Bertz CT molecular complexity index is 908. The van der Waals surface area contributed by atoms with Gasteiger partial charge in [-0.25, -0.2) is 14.8 Å². The fraction of sp³-hybridized carbons (Fsp3) is 0.188. The number of ether oxygens (including phenoxy) is 1. The lowest BCUT2D eigenvalue weighted by Crippen LogP contribution is -2.06. The molecule has 0 bridgehead atoms. The van der Waals surface area contributed by atoms with Gasteiger partial charge in [-0.3, -0.25) is 0 Å². The number of carbonyl (C=O) groups excluding carboxylic acids is 1. The fourth-order valence-electron chi connectivity index (χ4n) is 2.23. The zero-order valence-corrected chi connectivity index (χ0v) is 14.4. The number of aryl methyl sites for hydroxylation is 1. The molecule has 0 aliphatic rings. The van der Waals surface area contributed by atoms with Crippen LogP contribution in [-0.2, 0) is 4.74 Å². The Labute approximate surface area is 142 Å². The minimum atomic E-state index is -0.390. The minimum Gasteiger partial charge on any atom is -0.465 e. The largest absolute Gasteiger partial charge is 0.465 e. The van der Waals surface area contributed by atoms with Crippen molar-refractivity contribution in [3.63, 3.8) is 0 Å². The Kier molecular flexibility index (Phi) is 4.19. The molecule has 2 heterocycles. The molecule has 0 spiro atoms. The number of aromatic nitrogens is 2. The maximum Gasteiger partial charge on any atom is 0.341 e. The molecule has 0 amide bonds. The summed E-state index contributed by atoms with van der Waals surface area (Å²) in [5.74, 6) is 0.0241. The lowest BCUT2D eigenvalue weighted by molar-refractivity contribution is 0.0601. The number of para-hydroxylation sites is 2. The second-order valence-corrected chi connectivity index (χ2v) is 6.54. The molecule has 7 heteroatoms. The van der Waals surface area contributed by atoms with Crippen LogP contribution in [0, 0.1) is 13.8 Å². The molecule has 0 aliphatic carbocycles. The van der Waals surface area contributed by atoms with Crippen molar-refractivity contribution in [3.05, 3.63) is 45.4 Å². The van der Waals surface area contributed by atoms with Crippen LogP contribution in [0.1, 0.15) is 20.8 Å². The minimum absolute atomic E-state index is 0.253. The van der Waals surface area contributed by atoms with E-state index < -0.39 is 0 Å². The predicted molar refractivity (Wildman–Crippen MR) is 93.0 cm³/mol. The molecular formula is C16H14ClN3O2S. The van der Waals surface area contributed by atoms with Crippen LogP contribution in [0.2, 0.25) is 5.15 Å². The van der Waals surface area contributed by atoms with E-state index in [4.69, 9.17) is 16.3 Å². The highest BCUT2D eigenvalue weighted by molar-refractivity contribution is 7.16. The first-order valence-electron chi connectivity index (χ1n) is 6.89. The van der Waals surface area contributed by atoms with E-state index in [0.717, 1.165) is 21.5 Å². The van der Waals surface area contributed by atoms with Gasteiger partial charge < -0.3 is 10.1 Å². The van der Waals surface area contributed by atoms with Gasteiger partial charge in [0.1, 0.15) is 5.00 Å². The topological polar surface area (TPSA) is 64.1 Å². The SMILES string of the molecule is COC(=O)c1c(Nc2nc3ccccc3nc2Cl)sc(C)c1C. The first-order valence-corrected chi connectivity index (χ1v) is 8.08. The highest BCUT2D eigenvalue weighted by Crippen LogP contribution is 2.36. The molecule has 0 unspecified atom stereocenters. The average molecular weight is 348 g/mol. The van der Waals surface area contributed by atoms with Crippen LogP contribution in [-0.4, -0.2) is 23.0 Å². The number of rotatable bonds is 3. The third-order valence-corrected chi connectivity index (χ3v) is 4.92. The fourth-order valence-corrected chi connectivity index (χ4v) is 3.46. The van der Waals surface area contributed by atoms with Crippen LogP contribution in [0.3, 0.4) is 0 Å². The van der Waals surface area contributed by atoms with Crippen LogP contribution in [0.5, 0.6) is 0 Å². The number of carbonyl (C=O) groups is 1. The molecule has 0 aliphatic heterocycles. The Morgan fingerprint density at radius 2 is 1.87 bits per heavy atom. The predicted octanol–water partition coefficient (Wildman–Crippen LogP) is 4.49. The normalized spacial score (nSPS) is 10.8. The molecule has 3 aromatic rings. The summed E-state index contributed by atoms with van der Waals surface area (Å²) in [6.45, 7) is 3.84. The van der Waals surface area contributed by atoms with Gasteiger partial charge in [-0.15, -0.1) is 11.3 Å². The standard InChI is InChI=1S/C16H14ClN3O2S/c1-8-9(2)23-15(12(8)16(21)22-3)20-14-13(17)18-10-6-4-5-7-11(10)19-14/h4-7H,1-3H3,(H,19,20). The average Bonchev–Trinajstić information content (AvgIpc) is 2.82. The second kappa shape index (κ2) is 6.14. The van der Waals surface area contributed by atoms with Gasteiger partial charge in [0, 0.05) is 4.88 Å². The lowest BCUT2D eigenvalue weighted by atomic mass is 10.1. The van der Waals surface area contributed by atoms with Crippen molar-refractivity contribution in [1.82, 2.24) is 9.97 Å². The molecule has 0 fully saturated rings. The van der Waals surface area contributed by atoms with E-state index in [1.807, 2.05) is 38.1 Å². The van der Waals surface area contributed by atoms with Crippen molar-refractivity contribution < 1.29 is 9.53 Å². The molecule has 1 aromatic carbocycles. The first-order chi connectivity index (χ1) is 11.0. The Morgan fingerprint density at radius 1 is 1.22 bits per heavy atom. The molecule has 1 N–H and O–H groups in total. The Morgan fingerprint density at radius 3 is 2.52 bits per heavy atom. The zero-order valence-electron chi connectivity index (χ0n) is 12.8. The molecule has 5 nitrogen and oxygen atoms in total. The number of anilines is 2. The molecule has 23 heavy (non-hydrogen) atoms. The van der Waals surface area contributed by atoms with E-state index in [2.05, 4.69) is 15.3 Å². The third-order valence-electron chi connectivity index (χ3n) is 3.53. The van der Waals surface area contributed by atoms with Crippen molar-refractivity contribution in [2.75, 3.05) is 12.4 Å². The van der Waals surface area contributed by atoms with E-state index in [9.17, 15) is 4.79 Å². The van der Waals surface area contributed by atoms with Crippen LogP contribution in [0.4, 0.5) is 10.8 Å². The van der Waals surface area contributed by atoms with Crippen LogP contribution >= 0.6 is 22.9 Å². The number of benzene rings is 1. The number of nitrogens with one attached hydrogen (secondary N) is 1. The molecule has 3 rings (SSSR count). The zero-order chi connectivity index (χ0) is 16.6. The van der Waals surface area contributed by atoms with Crippen molar-refractivity contribution in [3.8, 4) is 0 Å². The molecule has 118 valence electrons. The quantitative estimate of drug-likeness (QED) is 0.707. The number of nitrogens with zero attached hydrogens (tertiary/aromatic N) is 2. The number of hydrogen-bond acceptors (Lipinski definition) is 6. The summed E-state index contributed by atoms with van der Waals surface area (Å²) in [5, 5.41) is 4.03. The van der Waals surface area contributed by atoms with Gasteiger partial charge in [0.2, 0.25) is 0 Å². The highest BCUT2D eigenvalue weighted by Gasteiger charge is 2.21. The Balaban J connectivity index is 2.07. The molecular weight excluding hydrogens is 334 g/mol. The van der Waals surface area contributed by atoms with Crippen molar-refractivity contribution in [1.29, 1.82) is 0 Å². The summed E-state index contributed by atoms with van der Waals surface area (Å²) in [6.07, 6.45) is 0. The summed E-state index contributed by atoms with van der Waals surface area (Å²) >= 11 is 7.67. The van der Waals surface area contributed by atoms with Gasteiger partial charge in [0.15, 0.2) is 11.0 Å². The van der Waals surface area contributed by atoms with E-state index in [0.29, 0.717) is 16.4 Å². The number of methoxy groups -OCH3 is 1. The van der Waals surface area contributed by atoms with E-state index >= 15 is 0 Å². The maximum atomic E-state index is 12.0. The molecule has 2 aromatic heterocycles. The number of hydrogen-bond donors (Lipinski definition) is 1. The van der Waals surface area contributed by atoms with Gasteiger partial charge in [-0.05, 0) is 31.5 Å². The Hall–Kier alpha value is -2.18. The highest BCUT2D eigenvalue weighted by atomic mass is 35.5. The van der Waals surface area contributed by atoms with Gasteiger partial charge in [0.05, 0.1) is 23.7 Å². The lowest BCUT2D eigenvalue weighted by Gasteiger charge is -2.08. The number of fused-ring (bicyclic) bond motifs is 1.